The van der Waals surface area contributed by atoms with Crippen molar-refractivity contribution < 1.29 is 9.53 Å². The minimum absolute atomic E-state index is 0.0256. The fourth-order valence-electron chi connectivity index (χ4n) is 2.41. The summed E-state index contributed by atoms with van der Waals surface area (Å²) >= 11 is 6.14. The monoisotopic (exact) mass is 300 g/mol. The largest absolute Gasteiger partial charge is 0.383 e. The number of ketones is 1. The average Bonchev–Trinajstić information content (AvgIpc) is 2.79. The zero-order valence-corrected chi connectivity index (χ0v) is 12.9. The smallest absolute Gasteiger partial charge is 0.200 e. The molecule has 1 saturated heterocycles. The van der Waals surface area contributed by atoms with Crippen LogP contribution < -0.4 is 0 Å². The van der Waals surface area contributed by atoms with Crippen LogP contribution in [0.15, 0.2) is 6.20 Å². The van der Waals surface area contributed by atoms with Gasteiger partial charge in [0.05, 0.1) is 30.4 Å². The van der Waals surface area contributed by atoms with Gasteiger partial charge in [0.15, 0.2) is 0 Å². The maximum Gasteiger partial charge on any atom is 0.200 e. The second-order valence-electron chi connectivity index (χ2n) is 5.18. The van der Waals surface area contributed by atoms with E-state index in [1.54, 1.807) is 11.8 Å². The number of halogens is 1. The number of nitrogens with zero attached hydrogens (tertiary/aromatic N) is 4. The van der Waals surface area contributed by atoms with Crippen LogP contribution in [0, 0.1) is 0 Å². The maximum absolute atomic E-state index is 12.8. The highest BCUT2D eigenvalue weighted by molar-refractivity contribution is 6.33. The maximum atomic E-state index is 12.8. The molecule has 0 amide bonds. The third kappa shape index (κ3) is 3.20. The van der Waals surface area contributed by atoms with Crippen LogP contribution in [-0.2, 0) is 11.3 Å². The number of aromatic nitrogens is 2. The van der Waals surface area contributed by atoms with Gasteiger partial charge in [0.25, 0.3) is 0 Å². The number of ether oxygens (including phenoxy) is 1. The van der Waals surface area contributed by atoms with Crippen LogP contribution in [0.25, 0.3) is 0 Å². The quantitative estimate of drug-likeness (QED) is 0.746. The first kappa shape index (κ1) is 15.4. The van der Waals surface area contributed by atoms with E-state index >= 15 is 0 Å². The van der Waals surface area contributed by atoms with Crippen molar-refractivity contribution in [2.24, 2.45) is 0 Å². The van der Waals surface area contributed by atoms with Gasteiger partial charge in [0.2, 0.25) is 5.78 Å². The molecule has 1 aliphatic heterocycles. The normalized spacial score (nSPS) is 21.3. The first-order valence-electron chi connectivity index (χ1n) is 6.67. The summed E-state index contributed by atoms with van der Waals surface area (Å²) in [6.07, 6.45) is 1.52. The van der Waals surface area contributed by atoms with E-state index in [4.69, 9.17) is 16.3 Å². The molecule has 0 radical (unpaired) electrons. The van der Waals surface area contributed by atoms with E-state index in [-0.39, 0.29) is 11.8 Å². The molecule has 0 aromatic carbocycles. The van der Waals surface area contributed by atoms with E-state index in [0.29, 0.717) is 30.4 Å². The summed E-state index contributed by atoms with van der Waals surface area (Å²) in [7, 11) is 5.62. The van der Waals surface area contributed by atoms with Gasteiger partial charge in [-0.05, 0) is 14.1 Å². The molecule has 0 saturated carbocycles. The van der Waals surface area contributed by atoms with Crippen LogP contribution >= 0.6 is 11.6 Å². The Balaban J connectivity index is 2.21. The second kappa shape index (κ2) is 6.67. The van der Waals surface area contributed by atoms with Crippen molar-refractivity contribution in [2.45, 2.75) is 12.6 Å². The van der Waals surface area contributed by atoms with Crippen molar-refractivity contribution in [3.8, 4) is 0 Å². The fraction of sp³-hybridized carbons (Fsp3) is 0.692. The molecule has 1 aromatic rings. The van der Waals surface area contributed by atoms with Crippen LogP contribution in [0.5, 0.6) is 0 Å². The number of likely N-dealkylation sites (N-methyl/N-ethyl adjacent to an activating group) is 2. The Labute approximate surface area is 124 Å². The number of Topliss-reactive ketones (excluding diaryl/α,β-unsaturated/α-hetero) is 1. The molecule has 0 spiro atoms. The second-order valence-corrected chi connectivity index (χ2v) is 5.59. The van der Waals surface area contributed by atoms with Gasteiger partial charge in [-0.15, -0.1) is 0 Å². The van der Waals surface area contributed by atoms with Crippen LogP contribution in [0.2, 0.25) is 5.02 Å². The predicted octanol–water partition coefficient (Wildman–Crippen LogP) is 0.611. The Hall–Kier alpha value is -0.950. The highest BCUT2D eigenvalue weighted by Gasteiger charge is 2.32. The van der Waals surface area contributed by atoms with Gasteiger partial charge < -0.3 is 9.64 Å². The first-order valence-corrected chi connectivity index (χ1v) is 7.05. The lowest BCUT2D eigenvalue weighted by Gasteiger charge is -2.36. The number of carbonyl (C=O) groups excluding carboxylic acids is 1. The molecule has 1 aromatic heterocycles. The lowest BCUT2D eigenvalue weighted by molar-refractivity contribution is 0.0673. The van der Waals surface area contributed by atoms with Crippen LogP contribution in [0.3, 0.4) is 0 Å². The Morgan fingerprint density at radius 2 is 2.25 bits per heavy atom. The number of hydrogen-bond donors (Lipinski definition) is 0. The minimum atomic E-state index is -0.177. The number of rotatable bonds is 5. The van der Waals surface area contributed by atoms with Crippen molar-refractivity contribution in [1.82, 2.24) is 19.6 Å². The van der Waals surface area contributed by atoms with Crippen molar-refractivity contribution in [3.63, 3.8) is 0 Å². The standard InChI is InChI=1S/C13H21ClN4O2/c1-16-4-5-17(2)11(9-16)13(19)12-10(14)8-15-18(12)6-7-20-3/h8,11H,4-7,9H2,1-3H3. The molecular formula is C13H21ClN4O2. The third-order valence-corrected chi connectivity index (χ3v) is 3.97. The van der Waals surface area contributed by atoms with Gasteiger partial charge in [-0.25, -0.2) is 0 Å². The third-order valence-electron chi connectivity index (χ3n) is 3.69. The first-order chi connectivity index (χ1) is 9.54. The van der Waals surface area contributed by atoms with E-state index in [9.17, 15) is 4.79 Å². The Morgan fingerprint density at radius 3 is 2.95 bits per heavy atom. The van der Waals surface area contributed by atoms with Crippen molar-refractivity contribution in [1.29, 1.82) is 0 Å². The summed E-state index contributed by atoms with van der Waals surface area (Å²) in [5.74, 6) is 0.0256. The summed E-state index contributed by atoms with van der Waals surface area (Å²) in [6.45, 7) is 3.57. The average molecular weight is 301 g/mol. The van der Waals surface area contributed by atoms with Gasteiger partial charge in [0.1, 0.15) is 5.69 Å². The Morgan fingerprint density at radius 1 is 1.50 bits per heavy atom. The highest BCUT2D eigenvalue weighted by Crippen LogP contribution is 2.20. The fourth-order valence-corrected chi connectivity index (χ4v) is 2.64. The molecule has 1 aliphatic rings. The van der Waals surface area contributed by atoms with E-state index in [1.165, 1.54) is 6.20 Å². The van der Waals surface area contributed by atoms with Crippen molar-refractivity contribution in [3.05, 3.63) is 16.9 Å². The van der Waals surface area contributed by atoms with Crippen LogP contribution in [0.4, 0.5) is 0 Å². The van der Waals surface area contributed by atoms with E-state index < -0.39 is 0 Å². The SMILES string of the molecule is COCCn1ncc(Cl)c1C(=O)C1CN(C)CCN1C. The van der Waals surface area contributed by atoms with Crippen molar-refractivity contribution >= 4 is 17.4 Å². The molecule has 0 aliphatic carbocycles. The molecule has 20 heavy (non-hydrogen) atoms. The van der Waals surface area contributed by atoms with Gasteiger partial charge in [-0.3, -0.25) is 14.4 Å². The molecule has 2 rings (SSSR count). The molecular weight excluding hydrogens is 280 g/mol. The number of methoxy groups -OCH3 is 1. The summed E-state index contributed by atoms with van der Waals surface area (Å²) in [5.41, 5.74) is 0.482. The van der Waals surface area contributed by atoms with Gasteiger partial charge in [-0.1, -0.05) is 11.6 Å². The van der Waals surface area contributed by atoms with Crippen molar-refractivity contribution in [2.75, 3.05) is 47.4 Å². The minimum Gasteiger partial charge on any atom is -0.383 e. The topological polar surface area (TPSA) is 50.6 Å². The van der Waals surface area contributed by atoms with Gasteiger partial charge >= 0.3 is 0 Å². The summed E-state index contributed by atoms with van der Waals surface area (Å²) < 4.78 is 6.68. The molecule has 112 valence electrons. The summed E-state index contributed by atoms with van der Waals surface area (Å²) in [6, 6.07) is -0.177. The predicted molar refractivity (Wildman–Crippen MR) is 77.4 cm³/mol. The van der Waals surface area contributed by atoms with E-state index in [0.717, 1.165) is 13.1 Å². The van der Waals surface area contributed by atoms with Crippen LogP contribution in [-0.4, -0.2) is 78.9 Å². The molecule has 7 heteroatoms. The molecule has 0 N–H and O–H groups in total. The molecule has 1 fully saturated rings. The van der Waals surface area contributed by atoms with Gasteiger partial charge in [-0.2, -0.15) is 5.10 Å². The molecule has 1 unspecified atom stereocenters. The summed E-state index contributed by atoms with van der Waals surface area (Å²) in [4.78, 5) is 17.0. The molecule has 0 bridgehead atoms. The lowest BCUT2D eigenvalue weighted by atomic mass is 10.1. The number of piperazine rings is 1. The van der Waals surface area contributed by atoms with Crippen LogP contribution in [0.1, 0.15) is 10.5 Å². The zero-order chi connectivity index (χ0) is 14.7. The zero-order valence-electron chi connectivity index (χ0n) is 12.2. The van der Waals surface area contributed by atoms with E-state index in [2.05, 4.69) is 14.9 Å². The number of carbonyl (C=O) groups is 1. The molecule has 1 atom stereocenters. The number of hydrogen-bond acceptors (Lipinski definition) is 5. The molecule has 2 heterocycles. The highest BCUT2D eigenvalue weighted by atomic mass is 35.5. The lowest BCUT2D eigenvalue weighted by Crippen LogP contribution is -2.53. The van der Waals surface area contributed by atoms with E-state index in [1.807, 2.05) is 14.1 Å². The molecule has 6 nitrogen and oxygen atoms in total. The summed E-state index contributed by atoms with van der Waals surface area (Å²) in [5, 5.41) is 4.57. The Kier molecular flexibility index (Phi) is 5.15. The van der Waals surface area contributed by atoms with Gasteiger partial charge in [0, 0.05) is 26.7 Å². The Bertz CT molecular complexity index is 477.